The highest BCUT2D eigenvalue weighted by Crippen LogP contribution is 2.31. The smallest absolute Gasteiger partial charge is 0.478 e. The largest absolute Gasteiger partial charge is 0.508 e. The summed E-state index contributed by atoms with van der Waals surface area (Å²) < 4.78 is 28.5. The minimum Gasteiger partial charge on any atom is -0.478 e. The molecule has 1 aliphatic carbocycles. The van der Waals surface area contributed by atoms with Gasteiger partial charge in [0.1, 0.15) is 26.4 Å². The van der Waals surface area contributed by atoms with E-state index in [0.717, 1.165) is 6.08 Å². The Kier molecular flexibility index (Phi) is 9.74. The predicted octanol–water partition coefficient (Wildman–Crippen LogP) is -0.187. The molecule has 0 radical (unpaired) electrons. The van der Waals surface area contributed by atoms with Crippen molar-refractivity contribution in [2.45, 2.75) is 18.6 Å². The summed E-state index contributed by atoms with van der Waals surface area (Å²) in [5.41, 5.74) is -2.33. The molecule has 2 aliphatic rings. The van der Waals surface area contributed by atoms with Crippen molar-refractivity contribution in [1.29, 1.82) is 0 Å². The summed E-state index contributed by atoms with van der Waals surface area (Å²) in [6.45, 7) is 1.12. The molecule has 16 heteroatoms. The first-order valence-corrected chi connectivity index (χ1v) is 10.2. The van der Waals surface area contributed by atoms with Crippen LogP contribution in [0.25, 0.3) is 0 Å². The second-order valence-electron chi connectivity index (χ2n) is 7.23. The van der Waals surface area contributed by atoms with Crippen molar-refractivity contribution in [3.05, 3.63) is 35.5 Å². The average molecular weight is 528 g/mol. The number of carbonyl (C=O) groups is 7. The summed E-state index contributed by atoms with van der Waals surface area (Å²) in [6, 6.07) is 0. The number of cyclic esters (lactones) is 2. The number of carboxylic acid groups (broad SMARTS) is 3. The van der Waals surface area contributed by atoms with Gasteiger partial charge in [0.15, 0.2) is 12.2 Å². The second kappa shape index (κ2) is 12.7. The number of carboxylic acids is 3. The SMILES string of the molecule is C=CC(=O)OCC(COC(=O)OCC1COC(=O)O1)OC(=O)C1CC(C(=O)O)=C(C(=O)O)C=C1C(=O)O. The van der Waals surface area contributed by atoms with Crippen LogP contribution in [0.5, 0.6) is 0 Å². The fraction of sp³-hybridized carbons (Fsp3) is 0.381. The second-order valence-corrected chi connectivity index (χ2v) is 7.23. The Morgan fingerprint density at radius 2 is 1.70 bits per heavy atom. The van der Waals surface area contributed by atoms with E-state index in [-0.39, 0.29) is 6.61 Å². The van der Waals surface area contributed by atoms with Gasteiger partial charge in [-0.15, -0.1) is 0 Å². The number of rotatable bonds is 12. The maximum Gasteiger partial charge on any atom is 0.508 e. The Morgan fingerprint density at radius 3 is 2.24 bits per heavy atom. The average Bonchev–Trinajstić information content (AvgIpc) is 3.27. The van der Waals surface area contributed by atoms with E-state index in [9.17, 15) is 48.9 Å². The van der Waals surface area contributed by atoms with E-state index in [0.29, 0.717) is 6.08 Å². The van der Waals surface area contributed by atoms with Crippen LogP contribution in [0.2, 0.25) is 0 Å². The molecule has 3 unspecified atom stereocenters. The van der Waals surface area contributed by atoms with Gasteiger partial charge in [-0.05, 0) is 12.5 Å². The van der Waals surface area contributed by atoms with Crippen LogP contribution >= 0.6 is 0 Å². The summed E-state index contributed by atoms with van der Waals surface area (Å²) in [7, 11) is 0. The van der Waals surface area contributed by atoms with Crippen molar-refractivity contribution >= 4 is 42.2 Å². The zero-order valence-corrected chi connectivity index (χ0v) is 18.8. The first-order valence-electron chi connectivity index (χ1n) is 10.2. The maximum atomic E-state index is 12.8. The molecule has 3 N–H and O–H groups in total. The van der Waals surface area contributed by atoms with Crippen molar-refractivity contribution in [1.82, 2.24) is 0 Å². The molecule has 0 aromatic rings. The number of carbonyl (C=O) groups excluding carboxylic acids is 4. The van der Waals surface area contributed by atoms with Gasteiger partial charge in [0, 0.05) is 6.08 Å². The summed E-state index contributed by atoms with van der Waals surface area (Å²) in [5, 5.41) is 27.9. The third kappa shape index (κ3) is 8.08. The van der Waals surface area contributed by atoms with Gasteiger partial charge in [0.2, 0.25) is 0 Å². The lowest BCUT2D eigenvalue weighted by atomic mass is 9.83. The Labute approximate surface area is 206 Å². The van der Waals surface area contributed by atoms with E-state index in [1.54, 1.807) is 0 Å². The highest BCUT2D eigenvalue weighted by Gasteiger charge is 2.39. The first kappa shape index (κ1) is 28.3. The molecule has 200 valence electrons. The lowest BCUT2D eigenvalue weighted by molar-refractivity contribution is -0.163. The van der Waals surface area contributed by atoms with Crippen molar-refractivity contribution in [2.24, 2.45) is 5.92 Å². The zero-order valence-electron chi connectivity index (χ0n) is 18.8. The van der Waals surface area contributed by atoms with Crippen LogP contribution in [-0.4, -0.2) is 96.1 Å². The van der Waals surface area contributed by atoms with Crippen LogP contribution in [0, 0.1) is 5.92 Å². The Bertz CT molecular complexity index is 1070. The fourth-order valence-corrected chi connectivity index (χ4v) is 2.99. The summed E-state index contributed by atoms with van der Waals surface area (Å²) in [5.74, 6) is -9.16. The number of ether oxygens (including phenoxy) is 6. The molecule has 2 rings (SSSR count). The third-order valence-electron chi connectivity index (χ3n) is 4.71. The quantitative estimate of drug-likeness (QED) is 0.169. The van der Waals surface area contributed by atoms with Crippen molar-refractivity contribution in [3.63, 3.8) is 0 Å². The molecule has 3 atom stereocenters. The molecule has 37 heavy (non-hydrogen) atoms. The molecule has 1 aliphatic heterocycles. The molecule has 0 saturated carbocycles. The lowest BCUT2D eigenvalue weighted by Crippen LogP contribution is -2.36. The lowest BCUT2D eigenvalue weighted by Gasteiger charge is -2.24. The monoisotopic (exact) mass is 528 g/mol. The highest BCUT2D eigenvalue weighted by molar-refractivity contribution is 6.06. The van der Waals surface area contributed by atoms with E-state index in [4.69, 9.17) is 18.9 Å². The van der Waals surface area contributed by atoms with Gasteiger partial charge in [-0.25, -0.2) is 28.8 Å². The van der Waals surface area contributed by atoms with Gasteiger partial charge < -0.3 is 43.7 Å². The van der Waals surface area contributed by atoms with Gasteiger partial charge in [-0.1, -0.05) is 6.58 Å². The molecule has 0 spiro atoms. The molecule has 0 bridgehead atoms. The molecule has 0 amide bonds. The number of hydrogen-bond acceptors (Lipinski definition) is 13. The molecule has 0 aromatic heterocycles. The number of hydrogen-bond donors (Lipinski definition) is 3. The van der Waals surface area contributed by atoms with E-state index in [1.807, 2.05) is 0 Å². The van der Waals surface area contributed by atoms with Crippen molar-refractivity contribution in [3.8, 4) is 0 Å². The Morgan fingerprint density at radius 1 is 1.03 bits per heavy atom. The fourth-order valence-electron chi connectivity index (χ4n) is 2.99. The minimum atomic E-state index is -1.76. The highest BCUT2D eigenvalue weighted by atomic mass is 16.8. The van der Waals surface area contributed by atoms with Crippen LogP contribution in [0.4, 0.5) is 9.59 Å². The van der Waals surface area contributed by atoms with Crippen molar-refractivity contribution in [2.75, 3.05) is 26.4 Å². The molecule has 1 saturated heterocycles. The molecule has 1 fully saturated rings. The van der Waals surface area contributed by atoms with Gasteiger partial charge in [-0.2, -0.15) is 0 Å². The van der Waals surface area contributed by atoms with Gasteiger partial charge in [0.25, 0.3) is 0 Å². The summed E-state index contributed by atoms with van der Waals surface area (Å²) >= 11 is 0. The van der Waals surface area contributed by atoms with Gasteiger partial charge in [0.05, 0.1) is 22.6 Å². The van der Waals surface area contributed by atoms with Crippen LogP contribution in [-0.2, 0) is 52.4 Å². The van der Waals surface area contributed by atoms with Gasteiger partial charge in [-0.3, -0.25) is 4.79 Å². The first-order chi connectivity index (χ1) is 17.4. The van der Waals surface area contributed by atoms with E-state index in [1.165, 1.54) is 0 Å². The minimum absolute atomic E-state index is 0.166. The maximum absolute atomic E-state index is 12.8. The van der Waals surface area contributed by atoms with Crippen LogP contribution < -0.4 is 0 Å². The van der Waals surface area contributed by atoms with E-state index >= 15 is 0 Å². The topological polar surface area (TPSA) is 236 Å². The van der Waals surface area contributed by atoms with E-state index < -0.39 is 103 Å². The molecule has 1 heterocycles. The Balaban J connectivity index is 2.10. The Hall–Kier alpha value is -4.89. The van der Waals surface area contributed by atoms with Crippen LogP contribution in [0.15, 0.2) is 35.5 Å². The number of aliphatic carboxylic acids is 3. The van der Waals surface area contributed by atoms with Gasteiger partial charge >= 0.3 is 42.2 Å². The van der Waals surface area contributed by atoms with E-state index in [2.05, 4.69) is 16.1 Å². The predicted molar refractivity (Wildman–Crippen MR) is 111 cm³/mol. The summed E-state index contributed by atoms with van der Waals surface area (Å²) in [4.78, 5) is 81.3. The molecule has 16 nitrogen and oxygen atoms in total. The molecular weight excluding hydrogens is 508 g/mol. The standard InChI is InChI=1S/C21H20O16/c1-2-15(22)32-5-9(6-33-20(30)34-7-10-8-35-21(31)37-10)36-19(29)14-4-12(17(25)26)11(16(23)24)3-13(14)18(27)28/h2-3,9-10,14H,1,4-8H2,(H,23,24)(H,25,26)(H,27,28). The van der Waals surface area contributed by atoms with Crippen LogP contribution in [0.3, 0.4) is 0 Å². The molecule has 0 aromatic carbocycles. The number of esters is 2. The normalized spacial score (nSPS) is 19.4. The third-order valence-corrected chi connectivity index (χ3v) is 4.71. The molecular formula is C21H20O16. The van der Waals surface area contributed by atoms with Crippen LogP contribution in [0.1, 0.15) is 6.42 Å². The summed E-state index contributed by atoms with van der Waals surface area (Å²) in [6.07, 6.45) is -4.17. The van der Waals surface area contributed by atoms with Crippen molar-refractivity contribution < 1.29 is 77.3 Å². The zero-order chi connectivity index (χ0) is 27.7.